The van der Waals surface area contributed by atoms with Crippen molar-refractivity contribution in [2.24, 2.45) is 0 Å². The largest absolute Gasteiger partial charge is 0.478 e. The number of hydrogen-bond acceptors (Lipinski definition) is 5. The van der Waals surface area contributed by atoms with Gasteiger partial charge in [-0.25, -0.2) is 9.97 Å². The molecule has 1 saturated heterocycles. The molecule has 0 bridgehead atoms. The van der Waals surface area contributed by atoms with Gasteiger partial charge in [-0.15, -0.1) is 0 Å². The molecule has 1 aromatic carbocycles. The lowest BCUT2D eigenvalue weighted by Crippen LogP contribution is -2.42. The van der Waals surface area contributed by atoms with Crippen molar-refractivity contribution >= 4 is 29.1 Å². The van der Waals surface area contributed by atoms with E-state index in [1.54, 1.807) is 50.5 Å². The smallest absolute Gasteiger partial charge is 0.268 e. The fourth-order valence-corrected chi connectivity index (χ4v) is 2.72. The maximum Gasteiger partial charge on any atom is 0.268 e. The van der Waals surface area contributed by atoms with E-state index in [2.05, 4.69) is 20.2 Å². The molecule has 1 aliphatic rings. The first-order valence-electron chi connectivity index (χ1n) is 8.27. The standard InChI is InChI=1S/C18H21ClN4O2/c1-18(2,25-15-7-5-13(19)6-8-15)16(24)22-14-11-20-17(21-12-14)23-9-3-4-10-23/h5-8,11-12H,3-4,9-10H2,1-2H3,(H,22,24). The molecule has 2 aromatic rings. The van der Waals surface area contributed by atoms with Crippen molar-refractivity contribution < 1.29 is 9.53 Å². The zero-order valence-corrected chi connectivity index (χ0v) is 15.1. The molecule has 3 rings (SSSR count). The van der Waals surface area contributed by atoms with Gasteiger partial charge in [-0.05, 0) is 51.0 Å². The van der Waals surface area contributed by atoms with E-state index < -0.39 is 5.60 Å². The van der Waals surface area contributed by atoms with Crippen molar-refractivity contribution in [3.63, 3.8) is 0 Å². The summed E-state index contributed by atoms with van der Waals surface area (Å²) in [5.41, 5.74) is -0.512. The summed E-state index contributed by atoms with van der Waals surface area (Å²) in [7, 11) is 0. The van der Waals surface area contributed by atoms with Crippen molar-refractivity contribution in [1.82, 2.24) is 9.97 Å². The molecule has 0 saturated carbocycles. The van der Waals surface area contributed by atoms with Gasteiger partial charge in [-0.2, -0.15) is 0 Å². The van der Waals surface area contributed by atoms with Gasteiger partial charge < -0.3 is 15.0 Å². The second-order valence-electron chi connectivity index (χ2n) is 6.49. The van der Waals surface area contributed by atoms with Crippen LogP contribution >= 0.6 is 11.6 Å². The van der Waals surface area contributed by atoms with Crippen molar-refractivity contribution in [3.8, 4) is 5.75 Å². The van der Waals surface area contributed by atoms with Gasteiger partial charge in [0.1, 0.15) is 5.75 Å². The second kappa shape index (κ2) is 7.27. The number of benzene rings is 1. The quantitative estimate of drug-likeness (QED) is 0.883. The molecule has 132 valence electrons. The van der Waals surface area contributed by atoms with Crippen LogP contribution in [0.5, 0.6) is 5.75 Å². The number of nitrogens with zero attached hydrogens (tertiary/aromatic N) is 3. The maximum atomic E-state index is 12.5. The lowest BCUT2D eigenvalue weighted by molar-refractivity contribution is -0.128. The Morgan fingerprint density at radius 2 is 1.76 bits per heavy atom. The van der Waals surface area contributed by atoms with Crippen LogP contribution in [0.2, 0.25) is 5.02 Å². The zero-order valence-electron chi connectivity index (χ0n) is 14.3. The average molecular weight is 361 g/mol. The topological polar surface area (TPSA) is 67.3 Å². The Morgan fingerprint density at radius 3 is 2.36 bits per heavy atom. The van der Waals surface area contributed by atoms with Crippen LogP contribution in [0.3, 0.4) is 0 Å². The van der Waals surface area contributed by atoms with Gasteiger partial charge in [0, 0.05) is 18.1 Å². The minimum atomic E-state index is -1.05. The number of anilines is 2. The van der Waals surface area contributed by atoms with Gasteiger partial charge in [-0.3, -0.25) is 4.79 Å². The van der Waals surface area contributed by atoms with Crippen LogP contribution < -0.4 is 15.0 Å². The van der Waals surface area contributed by atoms with E-state index in [1.165, 1.54) is 0 Å². The van der Waals surface area contributed by atoms with E-state index in [1.807, 2.05) is 0 Å². The normalized spacial score (nSPS) is 14.4. The Bertz CT molecular complexity index is 726. The number of aromatic nitrogens is 2. The third kappa shape index (κ3) is 4.39. The van der Waals surface area contributed by atoms with E-state index >= 15 is 0 Å². The molecule has 2 heterocycles. The molecule has 1 amide bonds. The molecule has 7 heteroatoms. The zero-order chi connectivity index (χ0) is 17.9. The molecular formula is C18H21ClN4O2. The molecule has 0 atom stereocenters. The Balaban J connectivity index is 1.62. The molecule has 1 N–H and O–H groups in total. The molecule has 0 spiro atoms. The summed E-state index contributed by atoms with van der Waals surface area (Å²) in [5.74, 6) is 0.998. The van der Waals surface area contributed by atoms with Crippen molar-refractivity contribution in [3.05, 3.63) is 41.7 Å². The van der Waals surface area contributed by atoms with E-state index in [0.717, 1.165) is 25.9 Å². The summed E-state index contributed by atoms with van der Waals surface area (Å²) >= 11 is 5.86. The first kappa shape index (κ1) is 17.5. The van der Waals surface area contributed by atoms with Gasteiger partial charge in [0.25, 0.3) is 5.91 Å². The van der Waals surface area contributed by atoms with E-state index in [4.69, 9.17) is 16.3 Å². The predicted octanol–water partition coefficient (Wildman–Crippen LogP) is 3.53. The fourth-order valence-electron chi connectivity index (χ4n) is 2.59. The van der Waals surface area contributed by atoms with Gasteiger partial charge in [0.2, 0.25) is 5.95 Å². The molecule has 6 nitrogen and oxygen atoms in total. The highest BCUT2D eigenvalue weighted by atomic mass is 35.5. The minimum Gasteiger partial charge on any atom is -0.478 e. The third-order valence-electron chi connectivity index (χ3n) is 4.02. The molecule has 0 radical (unpaired) electrons. The molecule has 1 aromatic heterocycles. The van der Waals surface area contributed by atoms with Crippen LogP contribution in [-0.4, -0.2) is 34.6 Å². The average Bonchev–Trinajstić information content (AvgIpc) is 3.12. The molecule has 0 aliphatic carbocycles. The van der Waals surface area contributed by atoms with E-state index in [0.29, 0.717) is 22.4 Å². The number of hydrogen-bond donors (Lipinski definition) is 1. The summed E-state index contributed by atoms with van der Waals surface area (Å²) < 4.78 is 5.78. The van der Waals surface area contributed by atoms with Crippen LogP contribution in [0.1, 0.15) is 26.7 Å². The number of nitrogens with one attached hydrogen (secondary N) is 1. The highest BCUT2D eigenvalue weighted by Gasteiger charge is 2.30. The number of ether oxygens (including phenoxy) is 1. The van der Waals surface area contributed by atoms with Crippen LogP contribution in [0.25, 0.3) is 0 Å². The van der Waals surface area contributed by atoms with Gasteiger partial charge in [0.15, 0.2) is 5.60 Å². The van der Waals surface area contributed by atoms with Crippen LogP contribution in [0.4, 0.5) is 11.6 Å². The van der Waals surface area contributed by atoms with Crippen molar-refractivity contribution in [2.75, 3.05) is 23.3 Å². The third-order valence-corrected chi connectivity index (χ3v) is 4.27. The summed E-state index contributed by atoms with van der Waals surface area (Å²) in [5, 5.41) is 3.41. The number of amides is 1. The summed E-state index contributed by atoms with van der Waals surface area (Å²) in [6, 6.07) is 6.89. The summed E-state index contributed by atoms with van der Waals surface area (Å²) in [6.45, 7) is 5.37. The number of carbonyl (C=O) groups excluding carboxylic acids is 1. The number of halogens is 1. The first-order valence-corrected chi connectivity index (χ1v) is 8.65. The molecule has 1 fully saturated rings. The van der Waals surface area contributed by atoms with Crippen molar-refractivity contribution in [1.29, 1.82) is 0 Å². The molecular weight excluding hydrogens is 340 g/mol. The SMILES string of the molecule is CC(C)(Oc1ccc(Cl)cc1)C(=O)Nc1cnc(N2CCCC2)nc1. The van der Waals surface area contributed by atoms with Gasteiger partial charge >= 0.3 is 0 Å². The number of rotatable bonds is 5. The lowest BCUT2D eigenvalue weighted by atomic mass is 10.1. The molecule has 1 aliphatic heterocycles. The second-order valence-corrected chi connectivity index (χ2v) is 6.92. The molecule has 0 unspecified atom stereocenters. The highest BCUT2D eigenvalue weighted by molar-refractivity contribution is 6.30. The monoisotopic (exact) mass is 360 g/mol. The van der Waals surface area contributed by atoms with Gasteiger partial charge in [-0.1, -0.05) is 11.6 Å². The van der Waals surface area contributed by atoms with Crippen LogP contribution in [-0.2, 0) is 4.79 Å². The number of carbonyl (C=O) groups is 1. The molecule has 25 heavy (non-hydrogen) atoms. The maximum absolute atomic E-state index is 12.5. The first-order chi connectivity index (χ1) is 11.9. The Labute approximate surface area is 152 Å². The lowest BCUT2D eigenvalue weighted by Gasteiger charge is -2.25. The van der Waals surface area contributed by atoms with Crippen LogP contribution in [0, 0.1) is 0 Å². The van der Waals surface area contributed by atoms with E-state index in [9.17, 15) is 4.79 Å². The predicted molar refractivity (Wildman–Crippen MR) is 98.3 cm³/mol. The summed E-state index contributed by atoms with van der Waals surface area (Å²) in [6.07, 6.45) is 5.57. The van der Waals surface area contributed by atoms with Gasteiger partial charge in [0.05, 0.1) is 18.1 Å². The minimum absolute atomic E-state index is 0.278. The van der Waals surface area contributed by atoms with Crippen molar-refractivity contribution in [2.45, 2.75) is 32.3 Å². The van der Waals surface area contributed by atoms with Crippen LogP contribution in [0.15, 0.2) is 36.7 Å². The highest BCUT2D eigenvalue weighted by Crippen LogP contribution is 2.22. The summed E-state index contributed by atoms with van der Waals surface area (Å²) in [4.78, 5) is 23.3. The fraction of sp³-hybridized carbons (Fsp3) is 0.389. The Morgan fingerprint density at radius 1 is 1.16 bits per heavy atom. The Kier molecular flexibility index (Phi) is 5.08. The van der Waals surface area contributed by atoms with E-state index in [-0.39, 0.29) is 5.91 Å². The Hall–Kier alpha value is -2.34.